The maximum atomic E-state index is 12.2. The van der Waals surface area contributed by atoms with Crippen LogP contribution in [0.3, 0.4) is 0 Å². The van der Waals surface area contributed by atoms with Gasteiger partial charge in [0.05, 0.1) is 12.8 Å². The van der Waals surface area contributed by atoms with Crippen LogP contribution in [0.2, 0.25) is 0 Å². The highest BCUT2D eigenvalue weighted by molar-refractivity contribution is 5.94. The lowest BCUT2D eigenvalue weighted by Crippen LogP contribution is -2.30. The number of esters is 1. The van der Waals surface area contributed by atoms with Crippen LogP contribution < -0.4 is 10.6 Å². The van der Waals surface area contributed by atoms with Gasteiger partial charge in [0.25, 0.3) is 0 Å². The van der Waals surface area contributed by atoms with E-state index in [1.54, 1.807) is 6.92 Å². The molecule has 26 heavy (non-hydrogen) atoms. The molecule has 1 unspecified atom stereocenters. The van der Waals surface area contributed by atoms with Crippen molar-refractivity contribution < 1.29 is 9.53 Å². The fourth-order valence-corrected chi connectivity index (χ4v) is 3.01. The number of nitrogens with one attached hydrogen (secondary N) is 1. The fraction of sp³-hybridized carbons (Fsp3) is 0.450. The summed E-state index contributed by atoms with van der Waals surface area (Å²) in [5.74, 6) is 0.261. The second-order valence-electron chi connectivity index (χ2n) is 6.30. The third-order valence-electron chi connectivity index (χ3n) is 4.34. The number of carbonyl (C=O) groups excluding carboxylic acids is 1. The third kappa shape index (κ3) is 5.18. The maximum Gasteiger partial charge on any atom is 0.346 e. The summed E-state index contributed by atoms with van der Waals surface area (Å²) < 4.78 is 5.09. The van der Waals surface area contributed by atoms with E-state index in [0.29, 0.717) is 18.3 Å². The molecule has 0 fully saturated rings. The first-order valence-electron chi connectivity index (χ1n) is 9.09. The molecule has 1 atom stereocenters. The number of hydrogen-bond donors (Lipinski definition) is 1. The van der Waals surface area contributed by atoms with Crippen LogP contribution in [0.1, 0.15) is 54.9 Å². The molecule has 2 aromatic rings. The second-order valence-corrected chi connectivity index (χ2v) is 6.30. The highest BCUT2D eigenvalue weighted by Crippen LogP contribution is 2.25. The molecule has 0 aliphatic rings. The topological polar surface area (TPSA) is 75.3 Å². The molecule has 2 rings (SSSR count). The Hall–Kier alpha value is -2.63. The predicted molar refractivity (Wildman–Crippen MR) is 103 cm³/mol. The summed E-state index contributed by atoms with van der Waals surface area (Å²) in [6.07, 6.45) is 4.55. The van der Waals surface area contributed by atoms with E-state index < -0.39 is 11.7 Å². The number of carbonyl (C=O) groups is 1. The number of aromatic amines is 1. The second kappa shape index (κ2) is 9.75. The summed E-state index contributed by atoms with van der Waals surface area (Å²) in [5.41, 5.74) is 1.04. The number of rotatable bonds is 9. The average Bonchev–Trinajstić information content (AvgIpc) is 2.65. The van der Waals surface area contributed by atoms with Gasteiger partial charge in [-0.1, -0.05) is 50.1 Å². The van der Waals surface area contributed by atoms with Crippen molar-refractivity contribution in [3.05, 3.63) is 58.1 Å². The molecular formula is C20H27N3O3. The Balaban J connectivity index is 2.28. The van der Waals surface area contributed by atoms with E-state index in [-0.39, 0.29) is 12.2 Å². The fourth-order valence-electron chi connectivity index (χ4n) is 3.01. The van der Waals surface area contributed by atoms with Gasteiger partial charge in [-0.2, -0.15) is 0 Å². The molecule has 0 aliphatic carbocycles. The van der Waals surface area contributed by atoms with Gasteiger partial charge in [0.2, 0.25) is 0 Å². The molecule has 0 amide bonds. The van der Waals surface area contributed by atoms with Crippen LogP contribution in [0.25, 0.3) is 0 Å². The highest BCUT2D eigenvalue weighted by atomic mass is 16.5. The summed E-state index contributed by atoms with van der Waals surface area (Å²) in [4.78, 5) is 32.2. The van der Waals surface area contributed by atoms with Gasteiger partial charge in [0, 0.05) is 19.5 Å². The molecule has 0 saturated heterocycles. The number of unbranched alkanes of at least 4 members (excludes halogenated alkanes) is 1. The van der Waals surface area contributed by atoms with E-state index in [9.17, 15) is 9.59 Å². The van der Waals surface area contributed by atoms with Crippen LogP contribution >= 0.6 is 0 Å². The lowest BCUT2D eigenvalue weighted by molar-refractivity contribution is 0.0526. The average molecular weight is 357 g/mol. The number of benzene rings is 1. The third-order valence-corrected chi connectivity index (χ3v) is 4.34. The van der Waals surface area contributed by atoms with E-state index >= 15 is 0 Å². The number of aromatic nitrogens is 2. The number of likely N-dealkylation sites (N-methyl/N-ethyl adjacent to an activating group) is 1. The molecule has 140 valence electrons. The van der Waals surface area contributed by atoms with Gasteiger partial charge in [-0.05, 0) is 18.9 Å². The minimum atomic E-state index is -0.483. The van der Waals surface area contributed by atoms with Gasteiger partial charge < -0.3 is 9.64 Å². The van der Waals surface area contributed by atoms with E-state index in [0.717, 1.165) is 19.3 Å². The molecule has 1 aromatic carbocycles. The SMILES string of the molecule is CCCCC(CN(C)c1[nH]c(=O)ncc1C(=O)OCC)c1ccccc1. The van der Waals surface area contributed by atoms with Gasteiger partial charge in [-0.25, -0.2) is 14.6 Å². The van der Waals surface area contributed by atoms with Gasteiger partial charge >= 0.3 is 11.7 Å². The van der Waals surface area contributed by atoms with Crippen LogP contribution in [-0.2, 0) is 4.74 Å². The van der Waals surface area contributed by atoms with Crippen molar-refractivity contribution in [2.45, 2.75) is 39.0 Å². The molecule has 0 saturated carbocycles. The van der Waals surface area contributed by atoms with Crippen LogP contribution in [0, 0.1) is 0 Å². The number of hydrogen-bond acceptors (Lipinski definition) is 5. The number of nitrogens with zero attached hydrogens (tertiary/aromatic N) is 2. The quantitative estimate of drug-likeness (QED) is 0.697. The Morgan fingerprint density at radius 3 is 2.65 bits per heavy atom. The van der Waals surface area contributed by atoms with Crippen LogP contribution in [0.5, 0.6) is 0 Å². The van der Waals surface area contributed by atoms with Gasteiger partial charge in [-0.3, -0.25) is 4.98 Å². The van der Waals surface area contributed by atoms with Crippen molar-refractivity contribution in [2.24, 2.45) is 0 Å². The summed E-state index contributed by atoms with van der Waals surface area (Å²) in [5, 5.41) is 0. The van der Waals surface area contributed by atoms with Crippen molar-refractivity contribution in [3.63, 3.8) is 0 Å². The smallest absolute Gasteiger partial charge is 0.346 e. The maximum absolute atomic E-state index is 12.2. The first-order chi connectivity index (χ1) is 12.6. The standard InChI is InChI=1S/C20H27N3O3/c1-4-6-10-16(15-11-8-7-9-12-15)14-23(3)18-17(19(24)26-5-2)13-21-20(25)22-18/h7-9,11-13,16H,4-6,10,14H2,1-3H3,(H,21,22,25). The van der Waals surface area contributed by atoms with Gasteiger partial charge in [0.1, 0.15) is 11.4 Å². The molecule has 6 nitrogen and oxygen atoms in total. The number of ether oxygens (including phenoxy) is 1. The Morgan fingerprint density at radius 2 is 2.00 bits per heavy atom. The summed E-state index contributed by atoms with van der Waals surface area (Å²) in [7, 11) is 1.87. The Bertz CT molecular complexity index is 758. The molecule has 1 heterocycles. The zero-order valence-corrected chi connectivity index (χ0v) is 15.7. The first kappa shape index (κ1) is 19.7. The van der Waals surface area contributed by atoms with Crippen molar-refractivity contribution in [1.29, 1.82) is 0 Å². The Labute approximate surface area is 154 Å². The molecule has 1 aromatic heterocycles. The zero-order chi connectivity index (χ0) is 18.9. The van der Waals surface area contributed by atoms with Crippen molar-refractivity contribution in [1.82, 2.24) is 9.97 Å². The van der Waals surface area contributed by atoms with Crippen LogP contribution in [0.4, 0.5) is 5.82 Å². The lowest BCUT2D eigenvalue weighted by atomic mass is 9.93. The molecule has 6 heteroatoms. The minimum Gasteiger partial charge on any atom is -0.462 e. The van der Waals surface area contributed by atoms with Gasteiger partial charge in [-0.15, -0.1) is 0 Å². The molecule has 1 N–H and O–H groups in total. The number of H-pyrrole nitrogens is 1. The first-order valence-corrected chi connectivity index (χ1v) is 9.09. The molecule has 0 spiro atoms. The van der Waals surface area contributed by atoms with E-state index in [4.69, 9.17) is 4.74 Å². The van der Waals surface area contributed by atoms with Crippen molar-refractivity contribution >= 4 is 11.8 Å². The molecule has 0 aliphatic heterocycles. The lowest BCUT2D eigenvalue weighted by Gasteiger charge is -2.27. The highest BCUT2D eigenvalue weighted by Gasteiger charge is 2.20. The van der Waals surface area contributed by atoms with Crippen LogP contribution in [0.15, 0.2) is 41.3 Å². The van der Waals surface area contributed by atoms with Crippen molar-refractivity contribution in [2.75, 3.05) is 25.1 Å². The molecule has 0 bridgehead atoms. The molecule has 0 radical (unpaired) electrons. The zero-order valence-electron chi connectivity index (χ0n) is 15.7. The largest absolute Gasteiger partial charge is 0.462 e. The predicted octanol–water partition coefficient (Wildman–Crippen LogP) is 3.36. The summed E-state index contributed by atoms with van der Waals surface area (Å²) >= 11 is 0. The minimum absolute atomic E-state index is 0.268. The van der Waals surface area contributed by atoms with E-state index in [1.807, 2.05) is 30.1 Å². The Morgan fingerprint density at radius 1 is 1.27 bits per heavy atom. The summed E-state index contributed by atoms with van der Waals surface area (Å²) in [6.45, 7) is 4.86. The van der Waals surface area contributed by atoms with Crippen LogP contribution in [-0.4, -0.2) is 36.1 Å². The Kier molecular flexibility index (Phi) is 7.38. The van der Waals surface area contributed by atoms with Gasteiger partial charge in [0.15, 0.2) is 0 Å². The molecular weight excluding hydrogens is 330 g/mol. The summed E-state index contributed by atoms with van der Waals surface area (Å²) in [6, 6.07) is 10.3. The van der Waals surface area contributed by atoms with E-state index in [2.05, 4.69) is 29.0 Å². The monoisotopic (exact) mass is 357 g/mol. The van der Waals surface area contributed by atoms with Crippen molar-refractivity contribution in [3.8, 4) is 0 Å². The number of anilines is 1. The van der Waals surface area contributed by atoms with E-state index in [1.165, 1.54) is 11.8 Å². The normalized spacial score (nSPS) is 11.8.